The van der Waals surface area contributed by atoms with Crippen molar-refractivity contribution in [3.63, 3.8) is 0 Å². The molecule has 0 saturated heterocycles. The Kier molecular flexibility index (Phi) is 7.80. The van der Waals surface area contributed by atoms with Crippen molar-refractivity contribution < 1.29 is 4.79 Å². The second-order valence-electron chi connectivity index (χ2n) is 5.92. The summed E-state index contributed by atoms with van der Waals surface area (Å²) in [5.74, 6) is -0.247. The predicted octanol–water partition coefficient (Wildman–Crippen LogP) is 4.40. The Morgan fingerprint density at radius 3 is 2.65 bits per heavy atom. The van der Waals surface area contributed by atoms with Gasteiger partial charge in [0.05, 0.1) is 5.56 Å². The van der Waals surface area contributed by atoms with Gasteiger partial charge in [0.2, 0.25) is 9.70 Å². The fraction of sp³-hybridized carbons (Fsp3) is 0.562. The van der Waals surface area contributed by atoms with Crippen LogP contribution in [-0.4, -0.2) is 21.0 Å². The second-order valence-corrected chi connectivity index (χ2v) is 9.80. The first kappa shape index (κ1) is 21.5. The van der Waals surface area contributed by atoms with Gasteiger partial charge in [0.15, 0.2) is 5.11 Å². The van der Waals surface area contributed by atoms with E-state index < -0.39 is 9.96 Å². The van der Waals surface area contributed by atoms with E-state index in [1.54, 1.807) is 0 Å². The van der Waals surface area contributed by atoms with Crippen LogP contribution in [0.5, 0.6) is 0 Å². The quantitative estimate of drug-likeness (QED) is 0.350. The first-order valence-electron chi connectivity index (χ1n) is 8.24. The van der Waals surface area contributed by atoms with Crippen LogP contribution in [-0.2, 0) is 17.6 Å². The fourth-order valence-corrected chi connectivity index (χ4v) is 4.56. The summed E-state index contributed by atoms with van der Waals surface area (Å²) >= 11 is 24.7. The third-order valence-electron chi connectivity index (χ3n) is 3.90. The van der Waals surface area contributed by atoms with Gasteiger partial charge in [-0.1, -0.05) is 41.7 Å². The van der Waals surface area contributed by atoms with Crippen LogP contribution in [0, 0.1) is 11.3 Å². The maximum atomic E-state index is 11.8. The highest BCUT2D eigenvalue weighted by Gasteiger charge is 2.34. The van der Waals surface area contributed by atoms with Crippen molar-refractivity contribution in [2.24, 2.45) is 0 Å². The number of nitrogens with zero attached hydrogens (tertiary/aromatic N) is 1. The number of aryl methyl sites for hydroxylation is 1. The zero-order valence-corrected chi connectivity index (χ0v) is 18.0. The molecule has 0 aromatic carbocycles. The minimum atomic E-state index is -1.79. The summed E-state index contributed by atoms with van der Waals surface area (Å²) in [6.07, 6.45) is 4.08. The number of anilines is 1. The Morgan fingerprint density at radius 1 is 1.35 bits per heavy atom. The molecule has 1 heterocycles. The number of rotatable bonds is 5. The summed E-state index contributed by atoms with van der Waals surface area (Å²) in [5.41, 5.74) is 1.72. The van der Waals surface area contributed by atoms with E-state index in [-0.39, 0.29) is 11.0 Å². The Bertz CT molecular complexity index is 724. The summed E-state index contributed by atoms with van der Waals surface area (Å²) in [4.78, 5) is 13.1. The van der Waals surface area contributed by atoms with E-state index in [1.807, 2.05) is 6.92 Å². The third kappa shape index (κ3) is 5.61. The molecule has 1 aromatic rings. The molecule has 1 aromatic heterocycles. The van der Waals surface area contributed by atoms with Crippen LogP contribution < -0.4 is 16.0 Å². The summed E-state index contributed by atoms with van der Waals surface area (Å²) in [6.45, 7) is 1.88. The van der Waals surface area contributed by atoms with Crippen LogP contribution in [0.3, 0.4) is 0 Å². The molecule has 1 aliphatic rings. The van der Waals surface area contributed by atoms with Gasteiger partial charge in [0.25, 0.3) is 0 Å². The average Bonchev–Trinajstić information content (AvgIpc) is 2.90. The van der Waals surface area contributed by atoms with Crippen LogP contribution in [0.15, 0.2) is 0 Å². The number of hydrogen-bond donors (Lipinski definition) is 3. The number of amides is 1. The molecule has 0 radical (unpaired) electrons. The molecule has 3 N–H and O–H groups in total. The number of hydrogen-bond acceptors (Lipinski definition) is 4. The molecule has 1 amide bonds. The molecular formula is C16H19Cl3N4OS2. The molecule has 0 spiro atoms. The van der Waals surface area contributed by atoms with E-state index in [9.17, 15) is 10.1 Å². The van der Waals surface area contributed by atoms with Gasteiger partial charge in [-0.3, -0.25) is 4.79 Å². The maximum Gasteiger partial charge on any atom is 0.228 e. The minimum absolute atomic E-state index is 0.174. The number of thiocarbonyl (C=S) groups is 1. The molecule has 0 saturated carbocycles. The SMILES string of the molecule is CCCC(=O)N[C@@H](NC(=S)Nc1sc2c(c1C#N)CCCC2)C(Cl)(Cl)Cl. The zero-order chi connectivity index (χ0) is 19.3. The van der Waals surface area contributed by atoms with Crippen LogP contribution in [0.1, 0.15) is 48.6 Å². The monoisotopic (exact) mass is 452 g/mol. The molecule has 142 valence electrons. The molecule has 0 unspecified atom stereocenters. The largest absolute Gasteiger partial charge is 0.339 e. The van der Waals surface area contributed by atoms with Crippen molar-refractivity contribution >= 4 is 74.4 Å². The van der Waals surface area contributed by atoms with Crippen LogP contribution >= 0.6 is 58.4 Å². The molecule has 2 rings (SSSR count). The van der Waals surface area contributed by atoms with Gasteiger partial charge >= 0.3 is 0 Å². The van der Waals surface area contributed by atoms with Gasteiger partial charge in [-0.05, 0) is 49.9 Å². The summed E-state index contributed by atoms with van der Waals surface area (Å²) in [5, 5.41) is 18.8. The summed E-state index contributed by atoms with van der Waals surface area (Å²) in [6, 6.07) is 2.25. The van der Waals surface area contributed by atoms with Gasteiger partial charge in [-0.15, -0.1) is 11.3 Å². The number of thiophene rings is 1. The van der Waals surface area contributed by atoms with Gasteiger partial charge < -0.3 is 16.0 Å². The van der Waals surface area contributed by atoms with Crippen molar-refractivity contribution in [2.45, 2.75) is 55.4 Å². The van der Waals surface area contributed by atoms with Gasteiger partial charge in [0, 0.05) is 11.3 Å². The molecule has 1 aliphatic carbocycles. The van der Waals surface area contributed by atoms with Gasteiger partial charge in [-0.2, -0.15) is 5.26 Å². The van der Waals surface area contributed by atoms with Gasteiger partial charge in [0.1, 0.15) is 17.2 Å². The number of fused-ring (bicyclic) bond motifs is 1. The third-order valence-corrected chi connectivity index (χ3v) is 5.98. The van der Waals surface area contributed by atoms with Crippen molar-refractivity contribution in [1.29, 1.82) is 5.26 Å². The Hall–Kier alpha value is -0.780. The smallest absolute Gasteiger partial charge is 0.228 e. The molecule has 0 bridgehead atoms. The van der Waals surface area contributed by atoms with Crippen molar-refractivity contribution in [3.8, 4) is 6.07 Å². The van der Waals surface area contributed by atoms with Crippen LogP contribution in [0.2, 0.25) is 0 Å². The van der Waals surface area contributed by atoms with E-state index in [1.165, 1.54) is 16.2 Å². The molecule has 5 nitrogen and oxygen atoms in total. The van der Waals surface area contributed by atoms with Crippen molar-refractivity contribution in [3.05, 3.63) is 16.0 Å². The molecule has 0 fully saturated rings. The number of halogens is 3. The molecule has 10 heteroatoms. The van der Waals surface area contributed by atoms with Crippen molar-refractivity contribution in [1.82, 2.24) is 10.6 Å². The number of carbonyl (C=O) groups excluding carboxylic acids is 1. The second kappa shape index (κ2) is 9.43. The highest BCUT2D eigenvalue weighted by molar-refractivity contribution is 7.80. The average molecular weight is 454 g/mol. The van der Waals surface area contributed by atoms with E-state index in [2.05, 4.69) is 22.0 Å². The lowest BCUT2D eigenvalue weighted by Gasteiger charge is -2.27. The number of alkyl halides is 3. The highest BCUT2D eigenvalue weighted by Crippen LogP contribution is 2.37. The maximum absolute atomic E-state index is 11.8. The van der Waals surface area contributed by atoms with E-state index in [4.69, 9.17) is 47.0 Å². The lowest BCUT2D eigenvalue weighted by Crippen LogP contribution is -2.56. The molecule has 0 aliphatic heterocycles. The standard InChI is InChI=1S/C16H19Cl3N4OS2/c1-2-5-12(24)21-14(16(17,18)19)23-15(25)22-13-10(8-20)9-6-3-4-7-11(9)26-13/h14H,2-7H2,1H3,(H,21,24)(H2,22,23,25)/t14-/m0/s1. The molecular weight excluding hydrogens is 435 g/mol. The molecule has 26 heavy (non-hydrogen) atoms. The number of nitrogens with one attached hydrogen (secondary N) is 3. The fourth-order valence-electron chi connectivity index (χ4n) is 2.70. The van der Waals surface area contributed by atoms with E-state index in [0.29, 0.717) is 23.4 Å². The lowest BCUT2D eigenvalue weighted by molar-refractivity contribution is -0.121. The van der Waals surface area contributed by atoms with Crippen LogP contribution in [0.25, 0.3) is 0 Å². The number of nitriles is 1. The first-order chi connectivity index (χ1) is 12.3. The summed E-state index contributed by atoms with van der Waals surface area (Å²) < 4.78 is -1.79. The van der Waals surface area contributed by atoms with Gasteiger partial charge in [-0.25, -0.2) is 0 Å². The normalized spacial score (nSPS) is 14.7. The Balaban J connectivity index is 2.10. The van der Waals surface area contributed by atoms with E-state index in [0.717, 1.165) is 31.2 Å². The predicted molar refractivity (Wildman–Crippen MR) is 112 cm³/mol. The minimum Gasteiger partial charge on any atom is -0.339 e. The Labute approximate surface area is 177 Å². The lowest BCUT2D eigenvalue weighted by atomic mass is 9.96. The molecule has 1 atom stereocenters. The Morgan fingerprint density at radius 2 is 2.04 bits per heavy atom. The van der Waals surface area contributed by atoms with E-state index >= 15 is 0 Å². The first-order valence-corrected chi connectivity index (χ1v) is 10.6. The number of carbonyl (C=O) groups is 1. The van der Waals surface area contributed by atoms with Crippen molar-refractivity contribution in [2.75, 3.05) is 5.32 Å². The topological polar surface area (TPSA) is 77.0 Å². The van der Waals surface area contributed by atoms with Crippen LogP contribution in [0.4, 0.5) is 5.00 Å². The zero-order valence-electron chi connectivity index (χ0n) is 14.1. The highest BCUT2D eigenvalue weighted by atomic mass is 35.6. The summed E-state index contributed by atoms with van der Waals surface area (Å²) in [7, 11) is 0.